The highest BCUT2D eigenvalue weighted by Gasteiger charge is 2.14. The molecule has 1 amide bonds. The maximum atomic E-state index is 13.0. The zero-order valence-corrected chi connectivity index (χ0v) is 14.4. The predicted molar refractivity (Wildman–Crippen MR) is 96.2 cm³/mol. The van der Waals surface area contributed by atoms with Crippen molar-refractivity contribution in [2.75, 3.05) is 19.0 Å². The van der Waals surface area contributed by atoms with Gasteiger partial charge in [0.2, 0.25) is 0 Å². The molecule has 0 aliphatic rings. The van der Waals surface area contributed by atoms with E-state index in [0.29, 0.717) is 35.1 Å². The number of amides is 1. The second kappa shape index (κ2) is 7.74. The number of benzene rings is 2. The fraction of sp³-hybridized carbons (Fsp3) is 0.150. The quantitative estimate of drug-likeness (QED) is 0.693. The highest BCUT2D eigenvalue weighted by molar-refractivity contribution is 6.02. The molecule has 0 saturated carbocycles. The lowest BCUT2D eigenvalue weighted by atomic mass is 10.2. The molecule has 3 aromatic rings. The number of halogens is 1. The van der Waals surface area contributed by atoms with Gasteiger partial charge in [0.1, 0.15) is 11.6 Å². The highest BCUT2D eigenvalue weighted by atomic mass is 19.1. The van der Waals surface area contributed by atoms with Gasteiger partial charge in [-0.15, -0.1) is 0 Å². The molecule has 0 spiro atoms. The molecule has 0 radical (unpaired) electrons. The standard InChI is InChI=1S/C20H18FNO4/c1-3-25-17-9-8-15(12-19(17)24-2)22-20(23)18-11-10-16(26-18)13-4-6-14(21)7-5-13/h4-12H,3H2,1-2H3,(H,22,23). The molecule has 1 N–H and O–H groups in total. The molecule has 6 heteroatoms. The minimum absolute atomic E-state index is 0.150. The summed E-state index contributed by atoms with van der Waals surface area (Å²) in [6, 6.07) is 14.2. The van der Waals surface area contributed by atoms with E-state index in [0.717, 1.165) is 0 Å². The van der Waals surface area contributed by atoms with E-state index in [1.807, 2.05) is 6.92 Å². The van der Waals surface area contributed by atoms with Gasteiger partial charge in [-0.2, -0.15) is 0 Å². The molecule has 26 heavy (non-hydrogen) atoms. The topological polar surface area (TPSA) is 60.7 Å². The Kier molecular flexibility index (Phi) is 5.22. The SMILES string of the molecule is CCOc1ccc(NC(=O)c2ccc(-c3ccc(F)cc3)o2)cc1OC. The van der Waals surface area contributed by atoms with Crippen molar-refractivity contribution in [2.45, 2.75) is 6.92 Å². The first kappa shape index (κ1) is 17.5. The summed E-state index contributed by atoms with van der Waals surface area (Å²) in [5.41, 5.74) is 1.24. The Morgan fingerprint density at radius 2 is 1.85 bits per heavy atom. The molecule has 1 aromatic heterocycles. The average molecular weight is 355 g/mol. The summed E-state index contributed by atoms with van der Waals surface area (Å²) in [7, 11) is 1.53. The summed E-state index contributed by atoms with van der Waals surface area (Å²) in [6.45, 7) is 2.39. The number of rotatable bonds is 6. The third-order valence-electron chi connectivity index (χ3n) is 3.68. The van der Waals surface area contributed by atoms with Gasteiger partial charge in [-0.25, -0.2) is 4.39 Å². The Bertz CT molecular complexity index is 902. The Balaban J connectivity index is 1.75. The van der Waals surface area contributed by atoms with Crippen LogP contribution in [0.3, 0.4) is 0 Å². The largest absolute Gasteiger partial charge is 0.493 e. The van der Waals surface area contributed by atoms with E-state index in [2.05, 4.69) is 5.32 Å². The van der Waals surface area contributed by atoms with Gasteiger partial charge in [0, 0.05) is 17.3 Å². The Morgan fingerprint density at radius 1 is 1.08 bits per heavy atom. The van der Waals surface area contributed by atoms with Crippen LogP contribution in [0.4, 0.5) is 10.1 Å². The molecule has 0 aliphatic heterocycles. The number of nitrogens with one attached hydrogen (secondary N) is 1. The highest BCUT2D eigenvalue weighted by Crippen LogP contribution is 2.30. The molecular formula is C20H18FNO4. The van der Waals surface area contributed by atoms with Crippen LogP contribution in [-0.4, -0.2) is 19.6 Å². The number of ether oxygens (including phenoxy) is 2. The Morgan fingerprint density at radius 3 is 2.54 bits per heavy atom. The molecule has 0 bridgehead atoms. The first-order valence-corrected chi connectivity index (χ1v) is 8.08. The van der Waals surface area contributed by atoms with E-state index < -0.39 is 5.91 Å². The first-order chi connectivity index (χ1) is 12.6. The number of methoxy groups -OCH3 is 1. The molecule has 0 fully saturated rings. The third kappa shape index (κ3) is 3.85. The first-order valence-electron chi connectivity index (χ1n) is 8.08. The number of hydrogen-bond acceptors (Lipinski definition) is 4. The van der Waals surface area contributed by atoms with Crippen LogP contribution in [0.25, 0.3) is 11.3 Å². The summed E-state index contributed by atoms with van der Waals surface area (Å²) < 4.78 is 29.3. The van der Waals surface area contributed by atoms with Gasteiger partial charge in [-0.1, -0.05) is 0 Å². The number of anilines is 1. The summed E-state index contributed by atoms with van der Waals surface area (Å²) in [4.78, 5) is 12.4. The molecular weight excluding hydrogens is 337 g/mol. The molecule has 1 heterocycles. The second-order valence-corrected chi connectivity index (χ2v) is 5.42. The van der Waals surface area contributed by atoms with Crippen LogP contribution >= 0.6 is 0 Å². The fourth-order valence-electron chi connectivity index (χ4n) is 2.44. The maximum Gasteiger partial charge on any atom is 0.291 e. The van der Waals surface area contributed by atoms with Crippen molar-refractivity contribution in [2.24, 2.45) is 0 Å². The van der Waals surface area contributed by atoms with E-state index in [-0.39, 0.29) is 11.6 Å². The van der Waals surface area contributed by atoms with Gasteiger partial charge in [0.25, 0.3) is 5.91 Å². The summed E-state index contributed by atoms with van der Waals surface area (Å²) >= 11 is 0. The van der Waals surface area contributed by atoms with E-state index in [9.17, 15) is 9.18 Å². The lowest BCUT2D eigenvalue weighted by Crippen LogP contribution is -2.11. The Labute approximate surface area is 150 Å². The van der Waals surface area contributed by atoms with Crippen molar-refractivity contribution in [3.63, 3.8) is 0 Å². The maximum absolute atomic E-state index is 13.0. The van der Waals surface area contributed by atoms with Crippen LogP contribution in [0.15, 0.2) is 59.0 Å². The van der Waals surface area contributed by atoms with Gasteiger partial charge in [0.15, 0.2) is 17.3 Å². The lowest BCUT2D eigenvalue weighted by molar-refractivity contribution is 0.0997. The van der Waals surface area contributed by atoms with Crippen molar-refractivity contribution in [3.05, 3.63) is 66.2 Å². The average Bonchev–Trinajstić information content (AvgIpc) is 3.14. The second-order valence-electron chi connectivity index (χ2n) is 5.42. The molecule has 134 valence electrons. The molecule has 0 atom stereocenters. The Hall–Kier alpha value is -3.28. The lowest BCUT2D eigenvalue weighted by Gasteiger charge is -2.11. The van der Waals surface area contributed by atoms with Crippen molar-refractivity contribution in [1.29, 1.82) is 0 Å². The van der Waals surface area contributed by atoms with Crippen molar-refractivity contribution < 1.29 is 23.1 Å². The van der Waals surface area contributed by atoms with E-state index in [1.165, 1.54) is 19.2 Å². The van der Waals surface area contributed by atoms with E-state index in [4.69, 9.17) is 13.9 Å². The zero-order chi connectivity index (χ0) is 18.5. The summed E-state index contributed by atoms with van der Waals surface area (Å²) in [5.74, 6) is 1.03. The third-order valence-corrected chi connectivity index (χ3v) is 3.68. The molecule has 2 aromatic carbocycles. The predicted octanol–water partition coefficient (Wildman–Crippen LogP) is 4.75. The molecule has 5 nitrogen and oxygen atoms in total. The monoisotopic (exact) mass is 355 g/mol. The van der Waals surface area contributed by atoms with Crippen LogP contribution in [0, 0.1) is 5.82 Å². The van der Waals surface area contributed by atoms with Crippen molar-refractivity contribution >= 4 is 11.6 Å². The van der Waals surface area contributed by atoms with E-state index in [1.54, 1.807) is 42.5 Å². The van der Waals surface area contributed by atoms with Gasteiger partial charge in [0.05, 0.1) is 13.7 Å². The van der Waals surface area contributed by atoms with Crippen LogP contribution in [0.5, 0.6) is 11.5 Å². The zero-order valence-electron chi connectivity index (χ0n) is 14.4. The van der Waals surface area contributed by atoms with Gasteiger partial charge < -0.3 is 19.2 Å². The number of carbonyl (C=O) groups excluding carboxylic acids is 1. The fourth-order valence-corrected chi connectivity index (χ4v) is 2.44. The van der Waals surface area contributed by atoms with Gasteiger partial charge in [-0.3, -0.25) is 4.79 Å². The summed E-state index contributed by atoms with van der Waals surface area (Å²) in [5, 5.41) is 2.75. The normalized spacial score (nSPS) is 10.4. The number of carbonyl (C=O) groups is 1. The minimum atomic E-state index is -0.399. The number of furan rings is 1. The molecule has 3 rings (SSSR count). The number of hydrogen-bond donors (Lipinski definition) is 1. The van der Waals surface area contributed by atoms with Crippen LogP contribution in [0.1, 0.15) is 17.5 Å². The van der Waals surface area contributed by atoms with Crippen LogP contribution in [0.2, 0.25) is 0 Å². The van der Waals surface area contributed by atoms with Gasteiger partial charge >= 0.3 is 0 Å². The van der Waals surface area contributed by atoms with Crippen molar-refractivity contribution in [1.82, 2.24) is 0 Å². The summed E-state index contributed by atoms with van der Waals surface area (Å²) in [6.07, 6.45) is 0. The van der Waals surface area contributed by atoms with E-state index >= 15 is 0 Å². The smallest absolute Gasteiger partial charge is 0.291 e. The van der Waals surface area contributed by atoms with Crippen LogP contribution in [-0.2, 0) is 0 Å². The van der Waals surface area contributed by atoms with Crippen molar-refractivity contribution in [3.8, 4) is 22.8 Å². The van der Waals surface area contributed by atoms with Crippen LogP contribution < -0.4 is 14.8 Å². The van der Waals surface area contributed by atoms with Gasteiger partial charge in [-0.05, 0) is 55.5 Å². The minimum Gasteiger partial charge on any atom is -0.493 e. The molecule has 0 unspecified atom stereocenters. The molecule has 0 aliphatic carbocycles. The molecule has 0 saturated heterocycles.